The number of likely N-dealkylation sites (tertiary alicyclic amines) is 1. The van der Waals surface area contributed by atoms with Gasteiger partial charge in [0.1, 0.15) is 5.76 Å². The molecule has 1 fully saturated rings. The summed E-state index contributed by atoms with van der Waals surface area (Å²) in [6.07, 6.45) is 3.96. The molecule has 0 aliphatic carbocycles. The van der Waals surface area contributed by atoms with Crippen molar-refractivity contribution < 1.29 is 4.42 Å². The molecule has 0 unspecified atom stereocenters. The first-order valence-corrected chi connectivity index (χ1v) is 7.73. The Hall–Kier alpha value is -1.89. The van der Waals surface area contributed by atoms with Gasteiger partial charge in [-0.1, -0.05) is 0 Å². The lowest BCUT2D eigenvalue weighted by atomic mass is 10.1. The SMILES string of the molecule is Cc1cnc(CN(C)[C@H]2CCN(C[C@H](C#N)CCC#N)C2)o1. The molecular formula is C16H23N5O. The Morgan fingerprint density at radius 3 is 3.00 bits per heavy atom. The fraction of sp³-hybridized carbons (Fsp3) is 0.688. The van der Waals surface area contributed by atoms with Crippen LogP contribution in [-0.2, 0) is 6.54 Å². The molecule has 0 aromatic carbocycles. The predicted molar refractivity (Wildman–Crippen MR) is 81.5 cm³/mol. The van der Waals surface area contributed by atoms with E-state index in [4.69, 9.17) is 14.9 Å². The molecule has 1 aromatic heterocycles. The number of nitriles is 2. The highest BCUT2D eigenvalue weighted by Crippen LogP contribution is 2.19. The number of hydrogen-bond donors (Lipinski definition) is 0. The zero-order chi connectivity index (χ0) is 15.9. The summed E-state index contributed by atoms with van der Waals surface area (Å²) in [5.41, 5.74) is 0. The largest absolute Gasteiger partial charge is 0.445 e. The molecule has 1 aromatic rings. The molecule has 2 atom stereocenters. The first-order chi connectivity index (χ1) is 10.6. The Morgan fingerprint density at radius 2 is 2.36 bits per heavy atom. The normalized spacial score (nSPS) is 20.0. The summed E-state index contributed by atoms with van der Waals surface area (Å²) in [6, 6.07) is 4.90. The van der Waals surface area contributed by atoms with Crippen LogP contribution in [0.25, 0.3) is 0 Å². The van der Waals surface area contributed by atoms with Crippen LogP contribution in [0.1, 0.15) is 30.9 Å². The molecule has 0 amide bonds. The summed E-state index contributed by atoms with van der Waals surface area (Å²) in [4.78, 5) is 8.84. The molecule has 0 N–H and O–H groups in total. The maximum absolute atomic E-state index is 9.17. The minimum atomic E-state index is -0.0434. The van der Waals surface area contributed by atoms with Crippen molar-refractivity contribution in [3.8, 4) is 12.1 Å². The summed E-state index contributed by atoms with van der Waals surface area (Å²) in [7, 11) is 2.09. The van der Waals surface area contributed by atoms with Crippen LogP contribution in [0.15, 0.2) is 10.6 Å². The molecule has 22 heavy (non-hydrogen) atoms. The van der Waals surface area contributed by atoms with Crippen LogP contribution in [0.4, 0.5) is 0 Å². The van der Waals surface area contributed by atoms with Crippen LogP contribution in [0.5, 0.6) is 0 Å². The number of nitrogens with zero attached hydrogens (tertiary/aromatic N) is 5. The zero-order valence-electron chi connectivity index (χ0n) is 13.3. The Bertz CT molecular complexity index is 556. The molecule has 0 bridgehead atoms. The standard InChI is InChI=1S/C16H23N5O/c1-13-9-19-16(22-13)12-20(2)15-5-7-21(11-15)10-14(8-18)4-3-6-17/h9,14-15H,3-5,7,10-12H2,1-2H3/t14-,15-/m0/s1. The highest BCUT2D eigenvalue weighted by Gasteiger charge is 2.27. The van der Waals surface area contributed by atoms with E-state index in [0.717, 1.165) is 37.7 Å². The Balaban J connectivity index is 1.79. The van der Waals surface area contributed by atoms with Crippen LogP contribution >= 0.6 is 0 Å². The average molecular weight is 301 g/mol. The van der Waals surface area contributed by atoms with E-state index < -0.39 is 0 Å². The summed E-state index contributed by atoms with van der Waals surface area (Å²) < 4.78 is 5.53. The smallest absolute Gasteiger partial charge is 0.208 e. The molecule has 1 aliphatic heterocycles. The highest BCUT2D eigenvalue weighted by atomic mass is 16.4. The van der Waals surface area contributed by atoms with Gasteiger partial charge in [-0.3, -0.25) is 4.90 Å². The topological polar surface area (TPSA) is 80.1 Å². The lowest BCUT2D eigenvalue weighted by Crippen LogP contribution is -2.35. The summed E-state index contributed by atoms with van der Waals surface area (Å²) in [5.74, 6) is 1.55. The number of rotatable bonds is 7. The molecule has 6 nitrogen and oxygen atoms in total. The fourth-order valence-corrected chi connectivity index (χ4v) is 2.90. The molecule has 2 heterocycles. The number of aromatic nitrogens is 1. The van der Waals surface area contributed by atoms with Crippen molar-refractivity contribution in [1.82, 2.24) is 14.8 Å². The van der Waals surface area contributed by atoms with Crippen LogP contribution in [0.2, 0.25) is 0 Å². The number of aryl methyl sites for hydroxylation is 1. The molecular weight excluding hydrogens is 278 g/mol. The third kappa shape index (κ3) is 4.56. The molecule has 0 saturated carbocycles. The van der Waals surface area contributed by atoms with Crippen molar-refractivity contribution in [2.24, 2.45) is 5.92 Å². The quantitative estimate of drug-likeness (QED) is 0.765. The minimum absolute atomic E-state index is 0.0434. The first-order valence-electron chi connectivity index (χ1n) is 7.73. The van der Waals surface area contributed by atoms with Gasteiger partial charge in [-0.15, -0.1) is 0 Å². The molecule has 1 aliphatic rings. The first kappa shape index (κ1) is 16.5. The Morgan fingerprint density at radius 1 is 1.55 bits per heavy atom. The van der Waals surface area contributed by atoms with E-state index in [1.165, 1.54) is 0 Å². The van der Waals surface area contributed by atoms with Gasteiger partial charge in [0.2, 0.25) is 5.89 Å². The molecule has 6 heteroatoms. The van der Waals surface area contributed by atoms with E-state index >= 15 is 0 Å². The van der Waals surface area contributed by atoms with Gasteiger partial charge < -0.3 is 9.32 Å². The van der Waals surface area contributed by atoms with Crippen molar-refractivity contribution in [3.63, 3.8) is 0 Å². The minimum Gasteiger partial charge on any atom is -0.445 e. The van der Waals surface area contributed by atoms with E-state index in [9.17, 15) is 0 Å². The van der Waals surface area contributed by atoms with Gasteiger partial charge in [-0.25, -0.2) is 4.98 Å². The van der Waals surface area contributed by atoms with E-state index in [2.05, 4.69) is 34.0 Å². The number of oxazole rings is 1. The van der Waals surface area contributed by atoms with Gasteiger partial charge in [0, 0.05) is 25.6 Å². The van der Waals surface area contributed by atoms with Crippen molar-refractivity contribution in [2.75, 3.05) is 26.7 Å². The van der Waals surface area contributed by atoms with E-state index in [-0.39, 0.29) is 5.92 Å². The van der Waals surface area contributed by atoms with Gasteiger partial charge in [0.25, 0.3) is 0 Å². The second kappa shape index (κ2) is 7.93. The molecule has 118 valence electrons. The molecule has 2 rings (SSSR count). The molecule has 1 saturated heterocycles. The van der Waals surface area contributed by atoms with Gasteiger partial charge in [0.15, 0.2) is 0 Å². The second-order valence-electron chi connectivity index (χ2n) is 6.00. The van der Waals surface area contributed by atoms with Crippen LogP contribution < -0.4 is 0 Å². The van der Waals surface area contributed by atoms with Gasteiger partial charge >= 0.3 is 0 Å². The van der Waals surface area contributed by atoms with Gasteiger partial charge in [0.05, 0.1) is 30.8 Å². The van der Waals surface area contributed by atoms with Crippen LogP contribution in [-0.4, -0.2) is 47.5 Å². The number of hydrogen-bond acceptors (Lipinski definition) is 6. The maximum atomic E-state index is 9.17. The van der Waals surface area contributed by atoms with E-state index in [0.29, 0.717) is 25.4 Å². The third-order valence-corrected chi connectivity index (χ3v) is 4.19. The lowest BCUT2D eigenvalue weighted by Gasteiger charge is -2.24. The summed E-state index contributed by atoms with van der Waals surface area (Å²) in [5, 5.41) is 17.8. The zero-order valence-corrected chi connectivity index (χ0v) is 13.3. The maximum Gasteiger partial charge on any atom is 0.208 e. The summed E-state index contributed by atoms with van der Waals surface area (Å²) >= 11 is 0. The van der Waals surface area contributed by atoms with Crippen LogP contribution in [0, 0.1) is 35.5 Å². The predicted octanol–water partition coefficient (Wildman–Crippen LogP) is 1.93. The molecule has 0 spiro atoms. The van der Waals surface area contributed by atoms with Crippen molar-refractivity contribution in [3.05, 3.63) is 17.8 Å². The van der Waals surface area contributed by atoms with E-state index in [1.54, 1.807) is 6.20 Å². The van der Waals surface area contributed by atoms with Crippen LogP contribution in [0.3, 0.4) is 0 Å². The van der Waals surface area contributed by atoms with E-state index in [1.807, 2.05) is 6.92 Å². The highest BCUT2D eigenvalue weighted by molar-refractivity contribution is 4.93. The Labute approximate surface area is 131 Å². The lowest BCUT2D eigenvalue weighted by molar-refractivity contribution is 0.201. The third-order valence-electron chi connectivity index (χ3n) is 4.19. The van der Waals surface area contributed by atoms with Gasteiger partial charge in [-0.05, 0) is 33.4 Å². The fourth-order valence-electron chi connectivity index (χ4n) is 2.90. The summed E-state index contributed by atoms with van der Waals surface area (Å²) in [6.45, 7) is 5.34. The monoisotopic (exact) mass is 301 g/mol. The Kier molecular flexibility index (Phi) is 5.94. The second-order valence-corrected chi connectivity index (χ2v) is 6.00. The molecule has 0 radical (unpaired) electrons. The van der Waals surface area contributed by atoms with Crippen molar-refractivity contribution >= 4 is 0 Å². The average Bonchev–Trinajstić information content (AvgIpc) is 3.12. The van der Waals surface area contributed by atoms with Gasteiger partial charge in [-0.2, -0.15) is 10.5 Å². The van der Waals surface area contributed by atoms with Crippen molar-refractivity contribution in [1.29, 1.82) is 10.5 Å². The van der Waals surface area contributed by atoms with Crippen molar-refractivity contribution in [2.45, 2.75) is 38.8 Å². The number of likely N-dealkylation sites (N-methyl/N-ethyl adjacent to an activating group) is 1.